The highest BCUT2D eigenvalue weighted by Crippen LogP contribution is 2.22. The van der Waals surface area contributed by atoms with Crippen molar-refractivity contribution in [1.29, 1.82) is 0 Å². The van der Waals surface area contributed by atoms with Crippen LogP contribution in [0.1, 0.15) is 29.7 Å². The number of aryl methyl sites for hydroxylation is 1. The van der Waals surface area contributed by atoms with Gasteiger partial charge in [-0.1, -0.05) is 28.0 Å². The van der Waals surface area contributed by atoms with E-state index in [0.29, 0.717) is 12.4 Å². The Hall–Kier alpha value is -2.48. The molecule has 124 valence electrons. The number of benzene rings is 1. The monoisotopic (exact) mass is 389 g/mol. The van der Waals surface area contributed by atoms with Gasteiger partial charge >= 0.3 is 11.8 Å². The average Bonchev–Trinajstić information content (AvgIpc) is 3.20. The molecule has 0 aliphatic rings. The number of rotatable bonds is 5. The third kappa shape index (κ3) is 3.38. The first-order chi connectivity index (χ1) is 11.6. The molecule has 0 saturated heterocycles. The van der Waals surface area contributed by atoms with Gasteiger partial charge in [0.2, 0.25) is 5.82 Å². The number of halogens is 1. The maximum atomic E-state index is 11.9. The minimum atomic E-state index is -0.367. The van der Waals surface area contributed by atoms with Crippen LogP contribution < -0.4 is 5.32 Å². The molecule has 0 aliphatic carbocycles. The van der Waals surface area contributed by atoms with Crippen molar-refractivity contribution < 1.29 is 9.32 Å². The predicted molar refractivity (Wildman–Crippen MR) is 91.9 cm³/mol. The fourth-order valence-corrected chi connectivity index (χ4v) is 2.41. The summed E-state index contributed by atoms with van der Waals surface area (Å²) < 4.78 is 7.78. The Morgan fingerprint density at radius 3 is 2.79 bits per heavy atom. The second-order valence-corrected chi connectivity index (χ2v) is 6.14. The lowest BCUT2D eigenvalue weighted by Crippen LogP contribution is -2.24. The Bertz CT molecular complexity index is 854. The van der Waals surface area contributed by atoms with E-state index in [1.54, 1.807) is 4.68 Å². The van der Waals surface area contributed by atoms with Crippen molar-refractivity contribution in [3.63, 3.8) is 0 Å². The van der Waals surface area contributed by atoms with Crippen molar-refractivity contribution in [3.05, 3.63) is 46.5 Å². The Morgan fingerprint density at radius 1 is 1.33 bits per heavy atom. The van der Waals surface area contributed by atoms with Crippen LogP contribution in [-0.4, -0.2) is 32.4 Å². The van der Waals surface area contributed by atoms with Crippen LogP contribution in [-0.2, 0) is 0 Å². The van der Waals surface area contributed by atoms with Gasteiger partial charge in [0.05, 0.1) is 16.9 Å². The zero-order valence-electron chi connectivity index (χ0n) is 13.3. The number of nitrogens with zero attached hydrogens (tertiary/aromatic N) is 4. The molecule has 0 spiro atoms. The zero-order chi connectivity index (χ0) is 17.1. The minimum Gasteiger partial charge on any atom is -0.348 e. The fourth-order valence-electron chi connectivity index (χ4n) is 2.14. The standard InChI is InChI=1S/C16H16BrN5O2/c1-3-8-18-15(23)16-19-14(21-24-16)13-9-22(20-10(13)2)12-6-4-11(17)5-7-12/h4-7,9H,3,8H2,1-2H3,(H,18,23). The number of aromatic nitrogens is 4. The van der Waals surface area contributed by atoms with Crippen LogP contribution in [0, 0.1) is 6.92 Å². The van der Waals surface area contributed by atoms with Crippen molar-refractivity contribution in [2.75, 3.05) is 6.54 Å². The number of nitrogens with one attached hydrogen (secondary N) is 1. The average molecular weight is 390 g/mol. The molecule has 8 heteroatoms. The van der Waals surface area contributed by atoms with Crippen LogP contribution in [0.15, 0.2) is 39.5 Å². The third-order valence-corrected chi connectivity index (χ3v) is 3.92. The van der Waals surface area contributed by atoms with E-state index in [0.717, 1.165) is 27.8 Å². The molecular weight excluding hydrogens is 374 g/mol. The number of hydrogen-bond donors (Lipinski definition) is 1. The number of carbonyl (C=O) groups is 1. The van der Waals surface area contributed by atoms with Crippen molar-refractivity contribution in [1.82, 2.24) is 25.2 Å². The van der Waals surface area contributed by atoms with E-state index in [9.17, 15) is 4.79 Å². The minimum absolute atomic E-state index is 0.0470. The maximum absolute atomic E-state index is 11.9. The van der Waals surface area contributed by atoms with Gasteiger partial charge in [-0.2, -0.15) is 10.1 Å². The molecule has 0 unspecified atom stereocenters. The molecule has 1 N–H and O–H groups in total. The first-order valence-electron chi connectivity index (χ1n) is 7.53. The van der Waals surface area contributed by atoms with Gasteiger partial charge in [-0.25, -0.2) is 4.68 Å². The molecule has 0 radical (unpaired) electrons. The van der Waals surface area contributed by atoms with E-state index in [2.05, 4.69) is 36.5 Å². The molecule has 0 aliphatic heterocycles. The summed E-state index contributed by atoms with van der Waals surface area (Å²) in [5.74, 6) is -0.0692. The summed E-state index contributed by atoms with van der Waals surface area (Å²) in [6, 6.07) is 7.77. The number of carbonyl (C=O) groups excluding carboxylic acids is 1. The molecule has 0 saturated carbocycles. The Kier molecular flexibility index (Phi) is 4.75. The third-order valence-electron chi connectivity index (χ3n) is 3.39. The van der Waals surface area contributed by atoms with Crippen LogP contribution in [0.25, 0.3) is 17.1 Å². The van der Waals surface area contributed by atoms with Crippen LogP contribution >= 0.6 is 15.9 Å². The lowest BCUT2D eigenvalue weighted by molar-refractivity contribution is 0.0910. The summed E-state index contributed by atoms with van der Waals surface area (Å²) in [5, 5.41) is 11.1. The summed E-state index contributed by atoms with van der Waals surface area (Å²) >= 11 is 3.41. The van der Waals surface area contributed by atoms with Crippen molar-refractivity contribution in [2.24, 2.45) is 0 Å². The molecule has 0 fully saturated rings. The zero-order valence-corrected chi connectivity index (χ0v) is 14.9. The van der Waals surface area contributed by atoms with E-state index < -0.39 is 0 Å². The Morgan fingerprint density at radius 2 is 2.08 bits per heavy atom. The largest absolute Gasteiger partial charge is 0.348 e. The van der Waals surface area contributed by atoms with Gasteiger partial charge in [-0.15, -0.1) is 0 Å². The molecule has 24 heavy (non-hydrogen) atoms. The van der Waals surface area contributed by atoms with Crippen LogP contribution in [0.4, 0.5) is 0 Å². The normalized spacial score (nSPS) is 10.8. The van der Waals surface area contributed by atoms with Gasteiger partial charge < -0.3 is 9.84 Å². The first-order valence-corrected chi connectivity index (χ1v) is 8.32. The molecule has 3 aromatic rings. The van der Waals surface area contributed by atoms with Crippen molar-refractivity contribution in [2.45, 2.75) is 20.3 Å². The van der Waals surface area contributed by atoms with Gasteiger partial charge in [0, 0.05) is 17.2 Å². The number of amides is 1. The summed E-state index contributed by atoms with van der Waals surface area (Å²) in [6.45, 7) is 4.40. The molecule has 0 atom stereocenters. The van der Waals surface area contributed by atoms with Crippen molar-refractivity contribution in [3.8, 4) is 17.1 Å². The highest BCUT2D eigenvalue weighted by atomic mass is 79.9. The summed E-state index contributed by atoms with van der Waals surface area (Å²) in [5.41, 5.74) is 2.38. The summed E-state index contributed by atoms with van der Waals surface area (Å²) in [4.78, 5) is 16.0. The summed E-state index contributed by atoms with van der Waals surface area (Å²) in [6.07, 6.45) is 2.66. The van der Waals surface area contributed by atoms with Crippen LogP contribution in [0.5, 0.6) is 0 Å². The van der Waals surface area contributed by atoms with Gasteiger partial charge in [0.25, 0.3) is 0 Å². The lowest BCUT2D eigenvalue weighted by Gasteiger charge is -2.00. The molecular formula is C16H16BrN5O2. The summed E-state index contributed by atoms with van der Waals surface area (Å²) in [7, 11) is 0. The Labute approximate surface area is 147 Å². The molecule has 2 aromatic heterocycles. The topological polar surface area (TPSA) is 85.8 Å². The number of hydrogen-bond acceptors (Lipinski definition) is 5. The van der Waals surface area contributed by atoms with E-state index in [-0.39, 0.29) is 11.8 Å². The molecule has 7 nitrogen and oxygen atoms in total. The smallest absolute Gasteiger partial charge is 0.316 e. The first kappa shape index (κ1) is 16.4. The maximum Gasteiger partial charge on any atom is 0.316 e. The van der Waals surface area contributed by atoms with Gasteiger partial charge in [0.1, 0.15) is 0 Å². The molecule has 1 amide bonds. The molecule has 0 bridgehead atoms. The molecule has 1 aromatic carbocycles. The van der Waals surface area contributed by atoms with E-state index >= 15 is 0 Å². The molecule has 2 heterocycles. The van der Waals surface area contributed by atoms with E-state index in [1.165, 1.54) is 0 Å². The van der Waals surface area contributed by atoms with Crippen molar-refractivity contribution >= 4 is 21.8 Å². The highest BCUT2D eigenvalue weighted by molar-refractivity contribution is 9.10. The Balaban J connectivity index is 1.87. The van der Waals surface area contributed by atoms with Gasteiger partial charge in [-0.05, 0) is 37.6 Å². The van der Waals surface area contributed by atoms with E-state index in [4.69, 9.17) is 4.52 Å². The SMILES string of the molecule is CCCNC(=O)c1nc(-c2cn(-c3ccc(Br)cc3)nc2C)no1. The van der Waals surface area contributed by atoms with Gasteiger partial charge in [0.15, 0.2) is 0 Å². The second kappa shape index (κ2) is 6.96. The fraction of sp³-hybridized carbons (Fsp3) is 0.250. The van der Waals surface area contributed by atoms with Crippen LogP contribution in [0.2, 0.25) is 0 Å². The molecule has 3 rings (SSSR count). The van der Waals surface area contributed by atoms with Gasteiger partial charge in [-0.3, -0.25) is 4.79 Å². The van der Waals surface area contributed by atoms with Crippen LogP contribution in [0.3, 0.4) is 0 Å². The highest BCUT2D eigenvalue weighted by Gasteiger charge is 2.18. The van der Waals surface area contributed by atoms with E-state index in [1.807, 2.05) is 44.3 Å². The predicted octanol–water partition coefficient (Wildman–Crippen LogP) is 3.13. The quantitative estimate of drug-likeness (QED) is 0.724. The second-order valence-electron chi connectivity index (χ2n) is 5.23. The lowest BCUT2D eigenvalue weighted by atomic mass is 10.2.